The number of unbranched alkanes of at least 4 members (excludes halogenated alkanes) is 3. The molecule has 0 spiro atoms. The van der Waals surface area contributed by atoms with Gasteiger partial charge in [0.25, 0.3) is 0 Å². The summed E-state index contributed by atoms with van der Waals surface area (Å²) >= 11 is 1.18. The molecule has 162 valence electrons. The monoisotopic (exact) mass is 435 g/mol. The van der Waals surface area contributed by atoms with Crippen molar-refractivity contribution in [2.24, 2.45) is 5.73 Å². The third-order valence-electron chi connectivity index (χ3n) is 5.10. The molecule has 0 aliphatic heterocycles. The molecule has 2 aromatic rings. The molecule has 31 heavy (non-hydrogen) atoms. The first-order valence-electron chi connectivity index (χ1n) is 10.5. The smallest absolute Gasteiger partial charge is 0.235 e. The van der Waals surface area contributed by atoms with Gasteiger partial charge in [0.2, 0.25) is 11.6 Å². The Hall–Kier alpha value is -3.03. The van der Waals surface area contributed by atoms with Crippen LogP contribution in [-0.4, -0.2) is 24.5 Å². The molecule has 1 amide bonds. The summed E-state index contributed by atoms with van der Waals surface area (Å²) in [5.74, 6) is 0.0600. The second-order valence-corrected chi connectivity index (χ2v) is 8.41. The zero-order valence-electron chi connectivity index (χ0n) is 18.4. The Bertz CT molecular complexity index is 978. The fraction of sp³-hybridized carbons (Fsp3) is 0.417. The number of anilines is 1. The first-order chi connectivity index (χ1) is 15.0. The summed E-state index contributed by atoms with van der Waals surface area (Å²) in [5, 5.41) is 9.63. The van der Waals surface area contributed by atoms with Gasteiger partial charge in [0.1, 0.15) is 22.2 Å². The minimum Gasteiger partial charge on any atom is -0.368 e. The van der Waals surface area contributed by atoms with E-state index in [9.17, 15) is 10.1 Å². The van der Waals surface area contributed by atoms with Crippen molar-refractivity contribution in [2.75, 3.05) is 18.5 Å². The number of nitrogens with zero attached hydrogens (tertiary/aromatic N) is 4. The first-order valence-corrected chi connectivity index (χ1v) is 11.4. The van der Waals surface area contributed by atoms with Crippen molar-refractivity contribution >= 4 is 29.2 Å². The van der Waals surface area contributed by atoms with E-state index in [0.29, 0.717) is 34.1 Å². The van der Waals surface area contributed by atoms with Crippen LogP contribution in [0.2, 0.25) is 0 Å². The topological polar surface area (TPSA) is 87.4 Å². The Kier molecular flexibility index (Phi) is 9.37. The molecule has 1 heterocycles. The zero-order valence-corrected chi connectivity index (χ0v) is 19.2. The molecule has 7 heteroatoms. The normalized spacial score (nSPS) is 11.4. The van der Waals surface area contributed by atoms with Gasteiger partial charge in [-0.25, -0.2) is 9.83 Å². The van der Waals surface area contributed by atoms with Crippen LogP contribution in [0, 0.1) is 17.9 Å². The fourth-order valence-electron chi connectivity index (χ4n) is 3.43. The lowest BCUT2D eigenvalue weighted by atomic mass is 10.1. The van der Waals surface area contributed by atoms with E-state index < -0.39 is 11.2 Å². The van der Waals surface area contributed by atoms with E-state index in [4.69, 9.17) is 17.3 Å². The number of aromatic nitrogens is 1. The number of thioether (sulfide) groups is 1. The molecule has 0 aliphatic rings. The summed E-state index contributed by atoms with van der Waals surface area (Å²) in [4.78, 5) is 22.7. The van der Waals surface area contributed by atoms with Crippen molar-refractivity contribution < 1.29 is 4.79 Å². The van der Waals surface area contributed by atoms with Gasteiger partial charge in [-0.3, -0.25) is 4.79 Å². The Labute approximate surface area is 189 Å². The Morgan fingerprint density at radius 3 is 2.55 bits per heavy atom. The molecule has 0 aliphatic carbocycles. The van der Waals surface area contributed by atoms with Crippen molar-refractivity contribution in [3.8, 4) is 6.07 Å². The van der Waals surface area contributed by atoms with Crippen molar-refractivity contribution in [1.82, 2.24) is 4.98 Å². The van der Waals surface area contributed by atoms with Crippen molar-refractivity contribution in [3.63, 3.8) is 0 Å². The van der Waals surface area contributed by atoms with Crippen LogP contribution in [0.5, 0.6) is 0 Å². The highest BCUT2D eigenvalue weighted by Gasteiger charge is 2.26. The van der Waals surface area contributed by atoms with E-state index in [1.807, 2.05) is 49.2 Å². The number of pyridine rings is 1. The van der Waals surface area contributed by atoms with Crippen LogP contribution in [0.4, 0.5) is 11.5 Å². The van der Waals surface area contributed by atoms with E-state index in [1.165, 1.54) is 18.2 Å². The molecule has 0 radical (unpaired) electrons. The summed E-state index contributed by atoms with van der Waals surface area (Å²) in [6.45, 7) is 12.6. The van der Waals surface area contributed by atoms with Gasteiger partial charge < -0.3 is 10.6 Å². The number of nitrogens with two attached hydrogens (primary N) is 1. The number of nitriles is 1. The summed E-state index contributed by atoms with van der Waals surface area (Å²) in [5.41, 5.74) is 7.89. The molecule has 0 saturated carbocycles. The number of hydrogen-bond acceptors (Lipinski definition) is 5. The van der Waals surface area contributed by atoms with E-state index >= 15 is 0 Å². The molecular formula is C24H29N5OS. The number of rotatable bonds is 11. The summed E-state index contributed by atoms with van der Waals surface area (Å²) < 4.78 is 0. The van der Waals surface area contributed by atoms with Gasteiger partial charge in [-0.05, 0) is 24.0 Å². The lowest BCUT2D eigenvalue weighted by molar-refractivity contribution is -0.117. The highest BCUT2D eigenvalue weighted by atomic mass is 32.2. The second-order valence-electron chi connectivity index (χ2n) is 7.31. The predicted octanol–water partition coefficient (Wildman–Crippen LogP) is 5.40. The SMILES string of the molecule is [C-]#[N+]c1c(N(C)CCCCCC)nc(SC(C(N)=O)c2ccccc2)c(C#N)c1CC. The minimum atomic E-state index is -0.674. The number of primary amides is 1. The lowest BCUT2D eigenvalue weighted by Gasteiger charge is -2.23. The third kappa shape index (κ3) is 5.99. The van der Waals surface area contributed by atoms with E-state index in [1.54, 1.807) is 0 Å². The van der Waals surface area contributed by atoms with Crippen LogP contribution in [0.15, 0.2) is 35.4 Å². The van der Waals surface area contributed by atoms with Crippen LogP contribution in [-0.2, 0) is 11.2 Å². The fourth-order valence-corrected chi connectivity index (χ4v) is 4.49. The summed E-state index contributed by atoms with van der Waals surface area (Å²) in [7, 11) is 1.92. The molecule has 1 aromatic carbocycles. The number of benzene rings is 1. The maximum absolute atomic E-state index is 12.2. The second kappa shape index (κ2) is 12.0. The Morgan fingerprint density at radius 2 is 2.00 bits per heavy atom. The van der Waals surface area contributed by atoms with Crippen molar-refractivity contribution in [3.05, 3.63) is 58.4 Å². The van der Waals surface area contributed by atoms with Gasteiger partial charge in [-0.2, -0.15) is 5.26 Å². The molecule has 1 aromatic heterocycles. The molecular weight excluding hydrogens is 406 g/mol. The largest absolute Gasteiger partial charge is 0.368 e. The van der Waals surface area contributed by atoms with Gasteiger partial charge in [-0.15, -0.1) is 0 Å². The maximum atomic E-state index is 12.2. The maximum Gasteiger partial charge on any atom is 0.235 e. The summed E-state index contributed by atoms with van der Waals surface area (Å²) in [6.07, 6.45) is 4.97. The standard InChI is InChI=1S/C24H29N5OS/c1-5-7-8-12-15-29(4)23-20(27-3)18(6-2)19(16-25)24(28-23)31-21(22(26)30)17-13-10-9-11-14-17/h9-11,13-14,21H,5-8,12,15H2,1-2,4H3,(H2,26,30). The number of hydrogen-bond donors (Lipinski definition) is 1. The predicted molar refractivity (Wildman–Crippen MR) is 126 cm³/mol. The molecule has 1 atom stereocenters. The summed E-state index contributed by atoms with van der Waals surface area (Å²) in [6, 6.07) is 11.5. The lowest BCUT2D eigenvalue weighted by Crippen LogP contribution is -2.22. The quantitative estimate of drug-likeness (QED) is 0.290. The molecule has 0 fully saturated rings. The van der Waals surface area contributed by atoms with E-state index in [-0.39, 0.29) is 0 Å². The molecule has 2 rings (SSSR count). The highest BCUT2D eigenvalue weighted by molar-refractivity contribution is 8.00. The molecule has 0 saturated heterocycles. The van der Waals surface area contributed by atoms with Crippen LogP contribution in [0.25, 0.3) is 4.85 Å². The molecule has 2 N–H and O–H groups in total. The molecule has 0 bridgehead atoms. The van der Waals surface area contributed by atoms with Gasteiger partial charge in [-0.1, -0.05) is 75.2 Å². The van der Waals surface area contributed by atoms with Crippen LogP contribution in [0.3, 0.4) is 0 Å². The highest BCUT2D eigenvalue weighted by Crippen LogP contribution is 2.42. The first kappa shape index (κ1) is 24.2. The van der Waals surface area contributed by atoms with Gasteiger partial charge in [0.15, 0.2) is 0 Å². The van der Waals surface area contributed by atoms with Gasteiger partial charge in [0, 0.05) is 13.6 Å². The number of carbonyl (C=O) groups is 1. The van der Waals surface area contributed by atoms with Gasteiger partial charge >= 0.3 is 0 Å². The van der Waals surface area contributed by atoms with Crippen molar-refractivity contribution in [1.29, 1.82) is 5.26 Å². The number of carbonyl (C=O) groups excluding carboxylic acids is 1. The van der Waals surface area contributed by atoms with E-state index in [2.05, 4.69) is 17.8 Å². The van der Waals surface area contributed by atoms with Gasteiger partial charge in [0.05, 0.1) is 12.1 Å². The zero-order chi connectivity index (χ0) is 22.8. The van der Waals surface area contributed by atoms with Crippen LogP contribution < -0.4 is 10.6 Å². The minimum absolute atomic E-state index is 0.351. The molecule has 1 unspecified atom stereocenters. The average molecular weight is 436 g/mol. The third-order valence-corrected chi connectivity index (χ3v) is 6.36. The van der Waals surface area contributed by atoms with Crippen molar-refractivity contribution in [2.45, 2.75) is 56.2 Å². The average Bonchev–Trinajstić information content (AvgIpc) is 2.79. The van der Waals surface area contributed by atoms with Crippen LogP contribution in [0.1, 0.15) is 61.5 Å². The molecule has 6 nitrogen and oxygen atoms in total. The van der Waals surface area contributed by atoms with E-state index in [0.717, 1.165) is 31.4 Å². The number of amides is 1. The Balaban J connectivity index is 2.52. The van der Waals surface area contributed by atoms with Crippen LogP contribution >= 0.6 is 11.8 Å². The Morgan fingerprint density at radius 1 is 1.29 bits per heavy atom.